The summed E-state index contributed by atoms with van der Waals surface area (Å²) in [5, 5.41) is 0. The van der Waals surface area contributed by atoms with Crippen molar-refractivity contribution in [2.75, 3.05) is 6.61 Å². The van der Waals surface area contributed by atoms with Crippen LogP contribution in [0.1, 0.15) is 61.3 Å². The highest BCUT2D eigenvalue weighted by Gasteiger charge is 2.23. The zero-order chi connectivity index (χ0) is 16.5. The van der Waals surface area contributed by atoms with Gasteiger partial charge in [0, 0.05) is 0 Å². The van der Waals surface area contributed by atoms with E-state index in [1.165, 1.54) is 11.1 Å². The van der Waals surface area contributed by atoms with Crippen LogP contribution in [0, 0.1) is 17.8 Å². The van der Waals surface area contributed by atoms with E-state index in [4.69, 9.17) is 11.2 Å². The lowest BCUT2D eigenvalue weighted by molar-refractivity contribution is 0.0308. The standard InChI is InChI=1S/C20H32O/c1-9-17(4)15-19(20(6,7)8)21-14-13-18(5)12-10-11-16(2)3/h1,11,13,15,19H,10,12,14H2,2-8H3/b17-15-,18-13+. The van der Waals surface area contributed by atoms with Crippen LogP contribution in [-0.2, 0) is 4.74 Å². The second kappa shape index (κ2) is 9.64. The lowest BCUT2D eigenvalue weighted by Gasteiger charge is -2.28. The minimum Gasteiger partial charge on any atom is -0.370 e. The Balaban J connectivity index is 4.50. The molecular formula is C20H32O. The van der Waals surface area contributed by atoms with Gasteiger partial charge in [-0.05, 0) is 57.6 Å². The van der Waals surface area contributed by atoms with Crippen LogP contribution in [0.15, 0.2) is 34.9 Å². The molecule has 1 heteroatoms. The molecule has 0 saturated heterocycles. The lowest BCUT2D eigenvalue weighted by atomic mass is 9.88. The highest BCUT2D eigenvalue weighted by molar-refractivity contribution is 5.24. The summed E-state index contributed by atoms with van der Waals surface area (Å²) in [5.74, 6) is 2.66. The Morgan fingerprint density at radius 3 is 2.24 bits per heavy atom. The predicted molar refractivity (Wildman–Crippen MR) is 94.2 cm³/mol. The van der Waals surface area contributed by atoms with Crippen molar-refractivity contribution < 1.29 is 4.74 Å². The molecule has 0 aromatic carbocycles. The molecule has 0 aromatic heterocycles. The van der Waals surface area contributed by atoms with Crippen molar-refractivity contribution in [3.8, 4) is 12.3 Å². The van der Waals surface area contributed by atoms with E-state index in [0.29, 0.717) is 6.61 Å². The summed E-state index contributed by atoms with van der Waals surface area (Å²) in [4.78, 5) is 0. The Bertz CT molecular complexity index is 431. The Labute approximate surface area is 132 Å². The molecule has 0 N–H and O–H groups in total. The molecule has 0 spiro atoms. The summed E-state index contributed by atoms with van der Waals surface area (Å²) in [5.41, 5.74) is 3.72. The van der Waals surface area contributed by atoms with Crippen molar-refractivity contribution >= 4 is 0 Å². The fourth-order valence-electron chi connectivity index (χ4n) is 1.81. The van der Waals surface area contributed by atoms with E-state index in [-0.39, 0.29) is 11.5 Å². The Morgan fingerprint density at radius 2 is 1.76 bits per heavy atom. The zero-order valence-corrected chi connectivity index (χ0v) is 14.9. The van der Waals surface area contributed by atoms with Gasteiger partial charge in [0.05, 0.1) is 12.7 Å². The smallest absolute Gasteiger partial charge is 0.0820 e. The van der Waals surface area contributed by atoms with Gasteiger partial charge < -0.3 is 4.74 Å². The molecule has 1 nitrogen and oxygen atoms in total. The third-order valence-corrected chi connectivity index (χ3v) is 3.28. The van der Waals surface area contributed by atoms with Crippen LogP contribution in [0.5, 0.6) is 0 Å². The van der Waals surface area contributed by atoms with Crippen LogP contribution in [0.3, 0.4) is 0 Å². The molecule has 1 unspecified atom stereocenters. The summed E-state index contributed by atoms with van der Waals surface area (Å²) >= 11 is 0. The van der Waals surface area contributed by atoms with Gasteiger partial charge in [-0.1, -0.05) is 50.0 Å². The average molecular weight is 288 g/mol. The number of hydrogen-bond acceptors (Lipinski definition) is 1. The summed E-state index contributed by atoms with van der Waals surface area (Å²) in [6.07, 6.45) is 14.2. The van der Waals surface area contributed by atoms with Crippen LogP contribution in [0.4, 0.5) is 0 Å². The van der Waals surface area contributed by atoms with Gasteiger partial charge in [0.1, 0.15) is 0 Å². The lowest BCUT2D eigenvalue weighted by Crippen LogP contribution is -2.27. The first-order valence-corrected chi connectivity index (χ1v) is 7.72. The molecule has 118 valence electrons. The quantitative estimate of drug-likeness (QED) is 0.432. The van der Waals surface area contributed by atoms with Gasteiger partial charge in [-0.15, -0.1) is 6.42 Å². The molecule has 0 heterocycles. The molecule has 1 atom stereocenters. The maximum Gasteiger partial charge on any atom is 0.0820 e. The molecule has 0 amide bonds. The minimum absolute atomic E-state index is 0.0374. The molecule has 0 aromatic rings. The van der Waals surface area contributed by atoms with E-state index in [0.717, 1.165) is 18.4 Å². The van der Waals surface area contributed by atoms with Gasteiger partial charge in [0.15, 0.2) is 0 Å². The normalized spacial score (nSPS) is 14.6. The van der Waals surface area contributed by atoms with E-state index in [2.05, 4.69) is 59.6 Å². The van der Waals surface area contributed by atoms with Gasteiger partial charge in [0.25, 0.3) is 0 Å². The van der Waals surface area contributed by atoms with Crippen molar-refractivity contribution in [2.24, 2.45) is 5.41 Å². The topological polar surface area (TPSA) is 9.23 Å². The fraction of sp³-hybridized carbons (Fsp3) is 0.600. The molecular weight excluding hydrogens is 256 g/mol. The maximum atomic E-state index is 6.01. The monoisotopic (exact) mass is 288 g/mol. The van der Waals surface area contributed by atoms with Crippen LogP contribution in [0.25, 0.3) is 0 Å². The first-order chi connectivity index (χ1) is 9.66. The number of ether oxygens (including phenoxy) is 1. The number of allylic oxidation sites excluding steroid dienone is 4. The second-order valence-corrected chi connectivity index (χ2v) is 6.98. The van der Waals surface area contributed by atoms with E-state index in [1.807, 2.05) is 13.0 Å². The van der Waals surface area contributed by atoms with Crippen LogP contribution < -0.4 is 0 Å². The van der Waals surface area contributed by atoms with E-state index in [9.17, 15) is 0 Å². The molecule has 0 saturated carbocycles. The van der Waals surface area contributed by atoms with E-state index < -0.39 is 0 Å². The summed E-state index contributed by atoms with van der Waals surface area (Å²) in [6.45, 7) is 15.5. The summed E-state index contributed by atoms with van der Waals surface area (Å²) < 4.78 is 6.01. The molecule has 0 bridgehead atoms. The van der Waals surface area contributed by atoms with Gasteiger partial charge >= 0.3 is 0 Å². The highest BCUT2D eigenvalue weighted by atomic mass is 16.5. The van der Waals surface area contributed by atoms with Crippen LogP contribution >= 0.6 is 0 Å². The molecule has 0 aliphatic carbocycles. The van der Waals surface area contributed by atoms with Gasteiger partial charge in [0.2, 0.25) is 0 Å². The van der Waals surface area contributed by atoms with Crippen LogP contribution in [0.2, 0.25) is 0 Å². The molecule has 0 fully saturated rings. The number of rotatable bonds is 7. The largest absolute Gasteiger partial charge is 0.370 e. The van der Waals surface area contributed by atoms with Crippen molar-refractivity contribution in [3.05, 3.63) is 34.9 Å². The first kappa shape index (κ1) is 19.7. The van der Waals surface area contributed by atoms with E-state index in [1.54, 1.807) is 0 Å². The SMILES string of the molecule is C#C/C(C)=C\C(OC/C=C(\C)CCC=C(C)C)C(C)(C)C. The highest BCUT2D eigenvalue weighted by Crippen LogP contribution is 2.24. The predicted octanol–water partition coefficient (Wildman–Crippen LogP) is 5.69. The Hall–Kier alpha value is -1.26. The van der Waals surface area contributed by atoms with Crippen molar-refractivity contribution in [1.29, 1.82) is 0 Å². The van der Waals surface area contributed by atoms with Crippen molar-refractivity contribution in [2.45, 2.75) is 67.4 Å². The third kappa shape index (κ3) is 10.2. The molecule has 0 radical (unpaired) electrons. The van der Waals surface area contributed by atoms with Crippen molar-refractivity contribution in [1.82, 2.24) is 0 Å². The number of hydrogen-bond donors (Lipinski definition) is 0. The maximum absolute atomic E-state index is 6.01. The van der Waals surface area contributed by atoms with Gasteiger partial charge in [-0.3, -0.25) is 0 Å². The molecule has 21 heavy (non-hydrogen) atoms. The average Bonchev–Trinajstić information content (AvgIpc) is 2.35. The number of terminal acetylenes is 1. The second-order valence-electron chi connectivity index (χ2n) is 6.98. The first-order valence-electron chi connectivity index (χ1n) is 7.72. The van der Waals surface area contributed by atoms with E-state index >= 15 is 0 Å². The molecule has 0 aliphatic rings. The Morgan fingerprint density at radius 1 is 1.14 bits per heavy atom. The Kier molecular flexibility index (Phi) is 9.06. The zero-order valence-electron chi connectivity index (χ0n) is 14.9. The van der Waals surface area contributed by atoms with Gasteiger partial charge in [-0.2, -0.15) is 0 Å². The minimum atomic E-state index is 0.0374. The molecule has 0 rings (SSSR count). The summed E-state index contributed by atoms with van der Waals surface area (Å²) in [6, 6.07) is 0. The third-order valence-electron chi connectivity index (χ3n) is 3.28. The van der Waals surface area contributed by atoms with Crippen molar-refractivity contribution in [3.63, 3.8) is 0 Å². The fourth-order valence-corrected chi connectivity index (χ4v) is 1.81. The molecule has 0 aliphatic heterocycles. The summed E-state index contributed by atoms with van der Waals surface area (Å²) in [7, 11) is 0. The van der Waals surface area contributed by atoms with Crippen LogP contribution in [-0.4, -0.2) is 12.7 Å². The van der Waals surface area contributed by atoms with Gasteiger partial charge in [-0.25, -0.2) is 0 Å².